The summed E-state index contributed by atoms with van der Waals surface area (Å²) in [5.41, 5.74) is 4.34. The SMILES string of the molecule is COc1ccccc1CNC(=O)C1c2ccccc2C(=O)N1Cc1ccccc1C. The van der Waals surface area contributed by atoms with Gasteiger partial charge in [-0.05, 0) is 35.7 Å². The molecule has 1 heterocycles. The fourth-order valence-corrected chi connectivity index (χ4v) is 3.91. The first kappa shape index (κ1) is 19.7. The Bertz CT molecular complexity index is 1090. The molecule has 5 nitrogen and oxygen atoms in total. The molecular weight excluding hydrogens is 376 g/mol. The van der Waals surface area contributed by atoms with Crippen LogP contribution in [0.3, 0.4) is 0 Å². The number of ether oxygens (including phenoxy) is 1. The summed E-state index contributed by atoms with van der Waals surface area (Å²) in [7, 11) is 1.61. The van der Waals surface area contributed by atoms with E-state index in [0.717, 1.165) is 28.0 Å². The van der Waals surface area contributed by atoms with E-state index in [2.05, 4.69) is 5.32 Å². The van der Waals surface area contributed by atoms with Crippen molar-refractivity contribution in [2.45, 2.75) is 26.1 Å². The van der Waals surface area contributed by atoms with Gasteiger partial charge in [-0.15, -0.1) is 0 Å². The molecule has 0 spiro atoms. The number of aryl methyl sites for hydroxylation is 1. The molecule has 0 fully saturated rings. The highest BCUT2D eigenvalue weighted by molar-refractivity contribution is 6.04. The second-order valence-corrected chi connectivity index (χ2v) is 7.38. The number of para-hydroxylation sites is 1. The maximum Gasteiger partial charge on any atom is 0.255 e. The summed E-state index contributed by atoms with van der Waals surface area (Å²) in [6.45, 7) is 2.72. The zero-order valence-corrected chi connectivity index (χ0v) is 17.1. The van der Waals surface area contributed by atoms with Gasteiger partial charge in [0.1, 0.15) is 11.8 Å². The molecule has 2 amide bonds. The molecule has 0 aliphatic carbocycles. The first-order valence-corrected chi connectivity index (χ1v) is 9.94. The van der Waals surface area contributed by atoms with E-state index >= 15 is 0 Å². The lowest BCUT2D eigenvalue weighted by Crippen LogP contribution is -2.38. The Morgan fingerprint density at radius 2 is 1.63 bits per heavy atom. The molecule has 4 rings (SSSR count). The number of nitrogens with zero attached hydrogens (tertiary/aromatic N) is 1. The van der Waals surface area contributed by atoms with E-state index in [-0.39, 0.29) is 11.8 Å². The number of carbonyl (C=O) groups excluding carboxylic acids is 2. The molecular formula is C25H24N2O3. The third kappa shape index (κ3) is 3.66. The topological polar surface area (TPSA) is 58.6 Å². The number of fused-ring (bicyclic) bond motifs is 1. The van der Waals surface area contributed by atoms with Gasteiger partial charge in [-0.1, -0.05) is 60.7 Å². The van der Waals surface area contributed by atoms with Gasteiger partial charge in [0.25, 0.3) is 5.91 Å². The number of amides is 2. The normalized spacial score (nSPS) is 15.1. The largest absolute Gasteiger partial charge is 0.496 e. The molecule has 1 aliphatic heterocycles. The minimum absolute atomic E-state index is 0.119. The number of benzene rings is 3. The summed E-state index contributed by atoms with van der Waals surface area (Å²) in [4.78, 5) is 28.1. The summed E-state index contributed by atoms with van der Waals surface area (Å²) in [5, 5.41) is 2.99. The van der Waals surface area contributed by atoms with Crippen LogP contribution >= 0.6 is 0 Å². The van der Waals surface area contributed by atoms with Crippen LogP contribution in [0.1, 0.15) is 38.7 Å². The molecule has 1 N–H and O–H groups in total. The minimum atomic E-state index is -0.664. The predicted octanol–water partition coefficient (Wildman–Crippen LogP) is 4.02. The summed E-state index contributed by atoms with van der Waals surface area (Å²) in [5.74, 6) is 0.400. The van der Waals surface area contributed by atoms with Crippen molar-refractivity contribution in [2.75, 3.05) is 7.11 Å². The average molecular weight is 400 g/mol. The lowest BCUT2D eigenvalue weighted by atomic mass is 10.0. The zero-order chi connectivity index (χ0) is 21.1. The van der Waals surface area contributed by atoms with Gasteiger partial charge >= 0.3 is 0 Å². The number of hydrogen-bond donors (Lipinski definition) is 1. The molecule has 3 aromatic carbocycles. The second kappa shape index (κ2) is 8.41. The molecule has 0 radical (unpaired) electrons. The Labute approximate surface area is 176 Å². The van der Waals surface area contributed by atoms with Crippen LogP contribution in [0.5, 0.6) is 5.75 Å². The van der Waals surface area contributed by atoms with Crippen LogP contribution in [-0.2, 0) is 17.9 Å². The fraction of sp³-hybridized carbons (Fsp3) is 0.200. The molecule has 0 bridgehead atoms. The van der Waals surface area contributed by atoms with E-state index in [1.54, 1.807) is 18.1 Å². The van der Waals surface area contributed by atoms with Gasteiger partial charge < -0.3 is 15.0 Å². The number of rotatable bonds is 6. The molecule has 5 heteroatoms. The van der Waals surface area contributed by atoms with E-state index in [1.165, 1.54) is 0 Å². The van der Waals surface area contributed by atoms with Gasteiger partial charge in [0, 0.05) is 24.2 Å². The van der Waals surface area contributed by atoms with Crippen molar-refractivity contribution >= 4 is 11.8 Å². The molecule has 0 saturated carbocycles. The van der Waals surface area contributed by atoms with Crippen molar-refractivity contribution < 1.29 is 14.3 Å². The number of hydrogen-bond acceptors (Lipinski definition) is 3. The van der Waals surface area contributed by atoms with Crippen LogP contribution in [0.4, 0.5) is 0 Å². The third-order valence-electron chi connectivity index (χ3n) is 5.55. The van der Waals surface area contributed by atoms with E-state index in [0.29, 0.717) is 18.7 Å². The maximum atomic E-state index is 13.3. The van der Waals surface area contributed by atoms with Crippen LogP contribution in [0.15, 0.2) is 72.8 Å². The smallest absolute Gasteiger partial charge is 0.255 e. The zero-order valence-electron chi connectivity index (χ0n) is 17.1. The molecule has 3 aromatic rings. The Balaban J connectivity index is 1.61. The molecule has 30 heavy (non-hydrogen) atoms. The van der Waals surface area contributed by atoms with Gasteiger partial charge in [0.05, 0.1) is 7.11 Å². The highest BCUT2D eigenvalue weighted by Gasteiger charge is 2.40. The summed E-state index contributed by atoms with van der Waals surface area (Å²) in [6.07, 6.45) is 0. The van der Waals surface area contributed by atoms with Crippen LogP contribution in [0.25, 0.3) is 0 Å². The number of carbonyl (C=O) groups is 2. The lowest BCUT2D eigenvalue weighted by Gasteiger charge is -2.25. The number of nitrogens with one attached hydrogen (secondary N) is 1. The van der Waals surface area contributed by atoms with E-state index in [4.69, 9.17) is 4.74 Å². The van der Waals surface area contributed by atoms with Crippen molar-refractivity contribution in [3.05, 3.63) is 101 Å². The monoisotopic (exact) mass is 400 g/mol. The third-order valence-corrected chi connectivity index (χ3v) is 5.55. The summed E-state index contributed by atoms with van der Waals surface area (Å²) in [6, 6.07) is 22.2. The molecule has 1 atom stereocenters. The van der Waals surface area contributed by atoms with Crippen LogP contribution in [-0.4, -0.2) is 23.8 Å². The van der Waals surface area contributed by atoms with Gasteiger partial charge in [-0.25, -0.2) is 0 Å². The molecule has 1 unspecified atom stereocenters. The van der Waals surface area contributed by atoms with E-state index in [9.17, 15) is 9.59 Å². The van der Waals surface area contributed by atoms with Gasteiger partial charge in [-0.3, -0.25) is 9.59 Å². The predicted molar refractivity (Wildman–Crippen MR) is 115 cm³/mol. The van der Waals surface area contributed by atoms with E-state index in [1.807, 2.05) is 73.7 Å². The average Bonchev–Trinajstić information content (AvgIpc) is 3.05. The van der Waals surface area contributed by atoms with Gasteiger partial charge in [-0.2, -0.15) is 0 Å². The minimum Gasteiger partial charge on any atom is -0.496 e. The maximum absolute atomic E-state index is 13.3. The first-order chi connectivity index (χ1) is 14.6. The van der Waals surface area contributed by atoms with Gasteiger partial charge in [0.15, 0.2) is 0 Å². The van der Waals surface area contributed by atoms with Crippen molar-refractivity contribution in [3.8, 4) is 5.75 Å². The van der Waals surface area contributed by atoms with E-state index < -0.39 is 6.04 Å². The van der Waals surface area contributed by atoms with Crippen LogP contribution in [0.2, 0.25) is 0 Å². The molecule has 0 saturated heterocycles. The highest BCUT2D eigenvalue weighted by atomic mass is 16.5. The quantitative estimate of drug-likeness (QED) is 0.680. The fourth-order valence-electron chi connectivity index (χ4n) is 3.91. The lowest BCUT2D eigenvalue weighted by molar-refractivity contribution is -0.125. The first-order valence-electron chi connectivity index (χ1n) is 9.94. The number of methoxy groups -OCH3 is 1. The van der Waals surface area contributed by atoms with Crippen LogP contribution in [0, 0.1) is 6.92 Å². The standard InChI is InChI=1S/C25H24N2O3/c1-17-9-3-4-11-19(17)16-27-23(20-12-6-7-13-21(20)25(27)29)24(28)26-15-18-10-5-8-14-22(18)30-2/h3-14,23H,15-16H2,1-2H3,(H,26,28). The molecule has 152 valence electrons. The van der Waals surface area contributed by atoms with Crippen molar-refractivity contribution in [3.63, 3.8) is 0 Å². The van der Waals surface area contributed by atoms with Crippen LogP contribution < -0.4 is 10.1 Å². The summed E-state index contributed by atoms with van der Waals surface area (Å²) < 4.78 is 5.37. The Morgan fingerprint density at radius 1 is 0.967 bits per heavy atom. The van der Waals surface area contributed by atoms with Crippen molar-refractivity contribution in [1.82, 2.24) is 10.2 Å². The Kier molecular flexibility index (Phi) is 5.53. The molecule has 0 aromatic heterocycles. The van der Waals surface area contributed by atoms with Crippen molar-refractivity contribution in [2.24, 2.45) is 0 Å². The highest BCUT2D eigenvalue weighted by Crippen LogP contribution is 2.35. The second-order valence-electron chi connectivity index (χ2n) is 7.38. The summed E-state index contributed by atoms with van der Waals surface area (Å²) >= 11 is 0. The Morgan fingerprint density at radius 3 is 2.40 bits per heavy atom. The van der Waals surface area contributed by atoms with Crippen molar-refractivity contribution in [1.29, 1.82) is 0 Å². The Hall–Kier alpha value is -3.60. The molecule has 1 aliphatic rings. The van der Waals surface area contributed by atoms with Gasteiger partial charge in [0.2, 0.25) is 5.91 Å².